The molecule has 2 nitrogen and oxygen atoms in total. The van der Waals surface area contributed by atoms with E-state index >= 15 is 0 Å². The molecule has 0 aliphatic heterocycles. The number of hydrogen-bond donors (Lipinski definition) is 0. The molecule has 0 bridgehead atoms. The first kappa shape index (κ1) is 9.75. The SMILES string of the molecule is O=C=Nc1ccc(Br)c(Cl)c1Cl. The Balaban J connectivity index is 3.35. The van der Waals surface area contributed by atoms with Crippen LogP contribution >= 0.6 is 39.1 Å². The van der Waals surface area contributed by atoms with Crippen LogP contribution in [0, 0.1) is 0 Å². The lowest BCUT2D eigenvalue weighted by molar-refractivity contribution is 0.565. The standard InChI is InChI=1S/C7H2BrCl2NO/c8-4-1-2-5(11-3-12)7(10)6(4)9/h1-2H. The highest BCUT2D eigenvalue weighted by Gasteiger charge is 2.06. The summed E-state index contributed by atoms with van der Waals surface area (Å²) in [5.41, 5.74) is 0.319. The Morgan fingerprint density at radius 1 is 1.33 bits per heavy atom. The van der Waals surface area contributed by atoms with Gasteiger partial charge in [-0.05, 0) is 28.1 Å². The van der Waals surface area contributed by atoms with Gasteiger partial charge in [-0.2, -0.15) is 4.99 Å². The van der Waals surface area contributed by atoms with Gasteiger partial charge >= 0.3 is 0 Å². The van der Waals surface area contributed by atoms with Crippen LogP contribution in [-0.2, 0) is 4.79 Å². The third-order valence-electron chi connectivity index (χ3n) is 1.18. The van der Waals surface area contributed by atoms with Gasteiger partial charge in [-0.15, -0.1) is 0 Å². The van der Waals surface area contributed by atoms with E-state index in [-0.39, 0.29) is 5.02 Å². The molecule has 0 amide bonds. The average Bonchev–Trinajstić information content (AvgIpc) is 2.07. The molecule has 12 heavy (non-hydrogen) atoms. The molecule has 0 fully saturated rings. The third kappa shape index (κ3) is 1.87. The van der Waals surface area contributed by atoms with E-state index in [0.717, 1.165) is 0 Å². The first-order valence-electron chi connectivity index (χ1n) is 2.88. The lowest BCUT2D eigenvalue weighted by Gasteiger charge is -1.99. The molecule has 0 spiro atoms. The van der Waals surface area contributed by atoms with Gasteiger partial charge in [-0.1, -0.05) is 23.2 Å². The minimum Gasteiger partial charge on any atom is -0.211 e. The van der Waals surface area contributed by atoms with E-state index < -0.39 is 0 Å². The van der Waals surface area contributed by atoms with E-state index in [9.17, 15) is 4.79 Å². The van der Waals surface area contributed by atoms with Crippen molar-refractivity contribution in [1.82, 2.24) is 0 Å². The topological polar surface area (TPSA) is 29.4 Å². The summed E-state index contributed by atoms with van der Waals surface area (Å²) in [5, 5.41) is 0.586. The van der Waals surface area contributed by atoms with Crippen molar-refractivity contribution in [3.8, 4) is 0 Å². The highest BCUT2D eigenvalue weighted by Crippen LogP contribution is 2.36. The van der Waals surface area contributed by atoms with Crippen molar-refractivity contribution in [3.05, 3.63) is 26.7 Å². The Morgan fingerprint density at radius 2 is 2.00 bits per heavy atom. The van der Waals surface area contributed by atoms with Crippen LogP contribution in [0.25, 0.3) is 0 Å². The molecule has 1 aromatic rings. The quantitative estimate of drug-likeness (QED) is 0.433. The van der Waals surface area contributed by atoms with Gasteiger partial charge in [0.2, 0.25) is 6.08 Å². The number of aliphatic imine (C=N–C) groups is 1. The summed E-state index contributed by atoms with van der Waals surface area (Å²) < 4.78 is 0.666. The second-order valence-electron chi connectivity index (χ2n) is 1.90. The molecule has 0 heterocycles. The van der Waals surface area contributed by atoms with Gasteiger partial charge in [0.05, 0.1) is 15.7 Å². The summed E-state index contributed by atoms with van der Waals surface area (Å²) in [6, 6.07) is 3.23. The fourth-order valence-electron chi connectivity index (χ4n) is 0.651. The highest BCUT2D eigenvalue weighted by atomic mass is 79.9. The van der Waals surface area contributed by atoms with Crippen molar-refractivity contribution in [2.24, 2.45) is 4.99 Å². The van der Waals surface area contributed by atoms with Crippen molar-refractivity contribution in [2.45, 2.75) is 0 Å². The van der Waals surface area contributed by atoms with Crippen LogP contribution in [-0.4, -0.2) is 6.08 Å². The molecule has 5 heteroatoms. The van der Waals surface area contributed by atoms with E-state index in [4.69, 9.17) is 23.2 Å². The van der Waals surface area contributed by atoms with Crippen molar-refractivity contribution >= 4 is 50.9 Å². The number of isocyanates is 1. The Kier molecular flexibility index (Phi) is 3.29. The number of benzene rings is 1. The van der Waals surface area contributed by atoms with E-state index in [0.29, 0.717) is 15.2 Å². The van der Waals surface area contributed by atoms with Crippen LogP contribution in [0.4, 0.5) is 5.69 Å². The highest BCUT2D eigenvalue weighted by molar-refractivity contribution is 9.10. The zero-order valence-electron chi connectivity index (χ0n) is 5.64. The number of rotatable bonds is 1. The molecule has 0 N–H and O–H groups in total. The summed E-state index contributed by atoms with van der Waals surface area (Å²) in [6.07, 6.45) is 1.39. The van der Waals surface area contributed by atoms with Gasteiger partial charge in [-0.25, -0.2) is 4.79 Å². The van der Waals surface area contributed by atoms with Crippen LogP contribution in [0.2, 0.25) is 10.0 Å². The van der Waals surface area contributed by atoms with Gasteiger partial charge < -0.3 is 0 Å². The molecular formula is C7H2BrCl2NO. The molecule has 0 atom stereocenters. The second-order valence-corrected chi connectivity index (χ2v) is 3.51. The van der Waals surface area contributed by atoms with Crippen LogP contribution < -0.4 is 0 Å². The summed E-state index contributed by atoms with van der Waals surface area (Å²) >= 11 is 14.7. The molecule has 62 valence electrons. The van der Waals surface area contributed by atoms with Crippen molar-refractivity contribution in [3.63, 3.8) is 0 Å². The predicted octanol–water partition coefficient (Wildman–Crippen LogP) is 3.72. The maximum Gasteiger partial charge on any atom is 0.240 e. The van der Waals surface area contributed by atoms with Gasteiger partial charge in [0.25, 0.3) is 0 Å². The average molecular weight is 267 g/mol. The molecule has 0 aliphatic rings. The van der Waals surface area contributed by atoms with Crippen LogP contribution in [0.15, 0.2) is 21.6 Å². The van der Waals surface area contributed by atoms with Gasteiger partial charge in [-0.3, -0.25) is 0 Å². The summed E-state index contributed by atoms with van der Waals surface area (Å²) in [5.74, 6) is 0. The maximum absolute atomic E-state index is 9.92. The Bertz CT molecular complexity index is 361. The number of hydrogen-bond acceptors (Lipinski definition) is 2. The third-order valence-corrected chi connectivity index (χ3v) is 2.94. The predicted molar refractivity (Wildman–Crippen MR) is 51.9 cm³/mol. The van der Waals surface area contributed by atoms with E-state index in [1.165, 1.54) is 6.08 Å². The zero-order valence-corrected chi connectivity index (χ0v) is 8.74. The van der Waals surface area contributed by atoms with Gasteiger partial charge in [0.1, 0.15) is 0 Å². The molecule has 0 unspecified atom stereocenters. The fraction of sp³-hybridized carbons (Fsp3) is 0. The largest absolute Gasteiger partial charge is 0.240 e. The van der Waals surface area contributed by atoms with Crippen molar-refractivity contribution in [1.29, 1.82) is 0 Å². The van der Waals surface area contributed by atoms with Crippen molar-refractivity contribution < 1.29 is 4.79 Å². The molecule has 0 saturated heterocycles. The molecule has 0 aromatic heterocycles. The Labute approximate surface area is 87.3 Å². The molecular weight excluding hydrogens is 265 g/mol. The Hall–Kier alpha value is -0.340. The molecule has 0 aliphatic carbocycles. The molecule has 0 saturated carbocycles. The van der Waals surface area contributed by atoms with Gasteiger partial charge in [0.15, 0.2) is 0 Å². The van der Waals surface area contributed by atoms with Crippen LogP contribution in [0.3, 0.4) is 0 Å². The minimum atomic E-state index is 0.245. The Morgan fingerprint density at radius 3 is 2.58 bits per heavy atom. The number of nitrogens with zero attached hydrogens (tertiary/aromatic N) is 1. The van der Waals surface area contributed by atoms with Crippen molar-refractivity contribution in [2.75, 3.05) is 0 Å². The summed E-state index contributed by atoms with van der Waals surface area (Å²) in [4.78, 5) is 13.3. The first-order chi connectivity index (χ1) is 5.66. The smallest absolute Gasteiger partial charge is 0.211 e. The molecule has 1 aromatic carbocycles. The first-order valence-corrected chi connectivity index (χ1v) is 4.43. The second kappa shape index (κ2) is 4.06. The lowest BCUT2D eigenvalue weighted by Crippen LogP contribution is -1.73. The maximum atomic E-state index is 9.92. The summed E-state index contributed by atoms with van der Waals surface area (Å²) in [7, 11) is 0. The minimum absolute atomic E-state index is 0.245. The monoisotopic (exact) mass is 265 g/mol. The molecule has 0 radical (unpaired) electrons. The van der Waals surface area contributed by atoms with E-state index in [2.05, 4.69) is 20.9 Å². The summed E-state index contributed by atoms with van der Waals surface area (Å²) in [6.45, 7) is 0. The lowest BCUT2D eigenvalue weighted by atomic mass is 10.3. The number of carbonyl (C=O) groups excluding carboxylic acids is 1. The van der Waals surface area contributed by atoms with Crippen LogP contribution in [0.1, 0.15) is 0 Å². The van der Waals surface area contributed by atoms with E-state index in [1.807, 2.05) is 0 Å². The zero-order chi connectivity index (χ0) is 9.14. The molecule has 1 rings (SSSR count). The van der Waals surface area contributed by atoms with E-state index in [1.54, 1.807) is 12.1 Å². The van der Waals surface area contributed by atoms with Crippen LogP contribution in [0.5, 0.6) is 0 Å². The van der Waals surface area contributed by atoms with Gasteiger partial charge in [0, 0.05) is 4.47 Å². The number of halogens is 3. The normalized spacial score (nSPS) is 9.25. The fourth-order valence-corrected chi connectivity index (χ4v) is 1.46.